The van der Waals surface area contributed by atoms with Crippen LogP contribution in [-0.4, -0.2) is 12.1 Å². The molecule has 0 aliphatic rings. The molecule has 1 unspecified atom stereocenters. The molecular weight excluding hydrogens is 232 g/mol. The lowest BCUT2D eigenvalue weighted by molar-refractivity contribution is 0.405. The summed E-state index contributed by atoms with van der Waals surface area (Å²) in [7, 11) is 1.64. The quantitative estimate of drug-likeness (QED) is 0.908. The van der Waals surface area contributed by atoms with Gasteiger partial charge in [-0.3, -0.25) is 4.98 Å². The summed E-state index contributed by atoms with van der Waals surface area (Å²) in [6.07, 6.45) is 1.74. The number of aryl methyl sites for hydroxylation is 2. The number of hydrogen-bond acceptors (Lipinski definition) is 4. The minimum atomic E-state index is -0.219. The van der Waals surface area contributed by atoms with Gasteiger partial charge in [0.05, 0.1) is 13.2 Å². The van der Waals surface area contributed by atoms with Gasteiger partial charge in [-0.2, -0.15) is 0 Å². The van der Waals surface area contributed by atoms with Crippen molar-refractivity contribution in [3.05, 3.63) is 45.4 Å². The van der Waals surface area contributed by atoms with Crippen LogP contribution in [0.4, 0.5) is 0 Å². The maximum Gasteiger partial charge on any atom is 0.142 e. The van der Waals surface area contributed by atoms with Crippen molar-refractivity contribution in [1.82, 2.24) is 4.98 Å². The molecule has 0 saturated carbocycles. The van der Waals surface area contributed by atoms with Crippen molar-refractivity contribution in [3.63, 3.8) is 0 Å². The van der Waals surface area contributed by atoms with Gasteiger partial charge < -0.3 is 10.5 Å². The highest BCUT2D eigenvalue weighted by Crippen LogP contribution is 2.31. The standard InChI is InChI=1S/C13H16N2OS/c1-8-7-11(17-9(8)2)12(14)13-10(16-3)5-4-6-15-13/h4-7,12H,14H2,1-3H3. The van der Waals surface area contributed by atoms with Crippen LogP contribution in [0.3, 0.4) is 0 Å². The van der Waals surface area contributed by atoms with E-state index in [0.717, 1.165) is 16.3 Å². The zero-order valence-corrected chi connectivity index (χ0v) is 11.0. The van der Waals surface area contributed by atoms with Crippen LogP contribution in [-0.2, 0) is 0 Å². The van der Waals surface area contributed by atoms with Crippen LogP contribution in [0, 0.1) is 13.8 Å². The predicted molar refractivity (Wildman–Crippen MR) is 70.6 cm³/mol. The Labute approximate surface area is 105 Å². The van der Waals surface area contributed by atoms with Gasteiger partial charge in [0.2, 0.25) is 0 Å². The normalized spacial score (nSPS) is 12.5. The second-order valence-electron chi connectivity index (χ2n) is 3.96. The molecule has 0 radical (unpaired) electrons. The highest BCUT2D eigenvalue weighted by molar-refractivity contribution is 7.12. The first-order valence-electron chi connectivity index (χ1n) is 5.45. The fourth-order valence-electron chi connectivity index (χ4n) is 1.70. The number of nitrogens with two attached hydrogens (primary N) is 1. The molecule has 1 atom stereocenters. The Bertz CT molecular complexity index is 502. The molecule has 0 spiro atoms. The minimum Gasteiger partial charge on any atom is -0.495 e. The third-order valence-corrected chi connectivity index (χ3v) is 4.04. The lowest BCUT2D eigenvalue weighted by Crippen LogP contribution is -2.13. The number of aromatic nitrogens is 1. The number of rotatable bonds is 3. The van der Waals surface area contributed by atoms with Gasteiger partial charge in [0.25, 0.3) is 0 Å². The smallest absolute Gasteiger partial charge is 0.142 e. The monoisotopic (exact) mass is 248 g/mol. The Balaban J connectivity index is 2.39. The molecule has 0 bridgehead atoms. The number of methoxy groups -OCH3 is 1. The average Bonchev–Trinajstić information content (AvgIpc) is 2.68. The SMILES string of the molecule is COc1cccnc1C(N)c1cc(C)c(C)s1. The third kappa shape index (κ3) is 2.33. The first-order valence-corrected chi connectivity index (χ1v) is 6.26. The fraction of sp³-hybridized carbons (Fsp3) is 0.308. The van der Waals surface area contributed by atoms with Gasteiger partial charge in [-0.15, -0.1) is 11.3 Å². The molecule has 4 heteroatoms. The van der Waals surface area contributed by atoms with Crippen molar-refractivity contribution in [3.8, 4) is 5.75 Å². The molecule has 0 aliphatic heterocycles. The zero-order chi connectivity index (χ0) is 12.4. The summed E-state index contributed by atoms with van der Waals surface area (Å²) in [5, 5.41) is 0. The molecule has 90 valence electrons. The van der Waals surface area contributed by atoms with E-state index >= 15 is 0 Å². The lowest BCUT2D eigenvalue weighted by atomic mass is 10.1. The molecule has 2 N–H and O–H groups in total. The second-order valence-corrected chi connectivity index (χ2v) is 5.24. The van der Waals surface area contributed by atoms with Gasteiger partial charge in [-0.1, -0.05) is 0 Å². The molecule has 0 amide bonds. The van der Waals surface area contributed by atoms with Crippen LogP contribution < -0.4 is 10.5 Å². The number of nitrogens with zero attached hydrogens (tertiary/aromatic N) is 1. The van der Waals surface area contributed by atoms with Gasteiger partial charge in [-0.05, 0) is 37.6 Å². The van der Waals surface area contributed by atoms with E-state index < -0.39 is 0 Å². The summed E-state index contributed by atoms with van der Waals surface area (Å²) < 4.78 is 5.29. The number of ether oxygens (including phenoxy) is 1. The van der Waals surface area contributed by atoms with E-state index in [2.05, 4.69) is 24.9 Å². The Morgan fingerprint density at radius 1 is 1.41 bits per heavy atom. The highest BCUT2D eigenvalue weighted by Gasteiger charge is 2.17. The van der Waals surface area contributed by atoms with Crippen molar-refractivity contribution in [2.75, 3.05) is 7.11 Å². The molecule has 2 aromatic heterocycles. The molecular formula is C13H16N2OS. The molecule has 0 aliphatic carbocycles. The summed E-state index contributed by atoms with van der Waals surface area (Å²) in [5.41, 5.74) is 8.30. The number of thiophene rings is 1. The minimum absolute atomic E-state index is 0.219. The van der Waals surface area contributed by atoms with Crippen molar-refractivity contribution < 1.29 is 4.74 Å². The van der Waals surface area contributed by atoms with E-state index in [9.17, 15) is 0 Å². The average molecular weight is 248 g/mol. The van der Waals surface area contributed by atoms with Gasteiger partial charge >= 0.3 is 0 Å². The predicted octanol–water partition coefficient (Wildman–Crippen LogP) is 2.82. The van der Waals surface area contributed by atoms with E-state index in [1.165, 1.54) is 10.4 Å². The van der Waals surface area contributed by atoms with Crippen LogP contribution in [0.2, 0.25) is 0 Å². The first-order chi connectivity index (χ1) is 8.13. The largest absolute Gasteiger partial charge is 0.495 e. The van der Waals surface area contributed by atoms with Gasteiger partial charge in [0, 0.05) is 16.0 Å². The van der Waals surface area contributed by atoms with E-state index in [0.29, 0.717) is 0 Å². The Hall–Kier alpha value is -1.39. The third-order valence-electron chi connectivity index (χ3n) is 2.81. The molecule has 0 aromatic carbocycles. The molecule has 17 heavy (non-hydrogen) atoms. The van der Waals surface area contributed by atoms with Crippen molar-refractivity contribution in [2.24, 2.45) is 5.73 Å². The molecule has 3 nitrogen and oxygen atoms in total. The van der Waals surface area contributed by atoms with Crippen molar-refractivity contribution >= 4 is 11.3 Å². The first kappa shape index (κ1) is 12.1. The van der Waals surface area contributed by atoms with Crippen LogP contribution in [0.5, 0.6) is 5.75 Å². The summed E-state index contributed by atoms with van der Waals surface area (Å²) in [4.78, 5) is 6.74. The van der Waals surface area contributed by atoms with Crippen LogP contribution in [0.25, 0.3) is 0 Å². The van der Waals surface area contributed by atoms with E-state index in [1.54, 1.807) is 24.6 Å². The maximum absolute atomic E-state index is 6.24. The van der Waals surface area contributed by atoms with E-state index in [4.69, 9.17) is 10.5 Å². The van der Waals surface area contributed by atoms with Gasteiger partial charge in [0.1, 0.15) is 11.4 Å². The van der Waals surface area contributed by atoms with Crippen LogP contribution in [0.1, 0.15) is 27.1 Å². The van der Waals surface area contributed by atoms with Gasteiger partial charge in [0.15, 0.2) is 0 Å². The van der Waals surface area contributed by atoms with Crippen LogP contribution in [0.15, 0.2) is 24.4 Å². The topological polar surface area (TPSA) is 48.1 Å². The zero-order valence-electron chi connectivity index (χ0n) is 10.2. The lowest BCUT2D eigenvalue weighted by Gasteiger charge is -2.12. The summed E-state index contributed by atoms with van der Waals surface area (Å²) in [6, 6.07) is 5.64. The highest BCUT2D eigenvalue weighted by atomic mass is 32.1. The summed E-state index contributed by atoms with van der Waals surface area (Å²) >= 11 is 1.72. The Morgan fingerprint density at radius 3 is 2.76 bits per heavy atom. The van der Waals surface area contributed by atoms with Gasteiger partial charge in [-0.25, -0.2) is 0 Å². The second kappa shape index (κ2) is 4.85. The van der Waals surface area contributed by atoms with Crippen LogP contribution >= 0.6 is 11.3 Å². The number of pyridine rings is 1. The van der Waals surface area contributed by atoms with Crippen molar-refractivity contribution in [2.45, 2.75) is 19.9 Å². The van der Waals surface area contributed by atoms with Crippen molar-refractivity contribution in [1.29, 1.82) is 0 Å². The maximum atomic E-state index is 6.24. The summed E-state index contributed by atoms with van der Waals surface area (Å²) in [6.45, 7) is 4.20. The molecule has 2 aromatic rings. The van der Waals surface area contributed by atoms with E-state index in [-0.39, 0.29) is 6.04 Å². The van der Waals surface area contributed by atoms with E-state index in [1.807, 2.05) is 12.1 Å². The molecule has 2 rings (SSSR count). The Kier molecular flexibility index (Phi) is 3.45. The molecule has 0 fully saturated rings. The fourth-order valence-corrected chi connectivity index (χ4v) is 2.75. The molecule has 0 saturated heterocycles. The summed E-state index contributed by atoms with van der Waals surface area (Å²) in [5.74, 6) is 0.740. The molecule has 2 heterocycles. The number of hydrogen-bond donors (Lipinski definition) is 1. The Morgan fingerprint density at radius 2 is 2.18 bits per heavy atom.